The molecule has 2 atom stereocenters. The van der Waals surface area contributed by atoms with E-state index in [9.17, 15) is 17.4 Å². The first-order chi connectivity index (χ1) is 10.9. The summed E-state index contributed by atoms with van der Waals surface area (Å²) >= 11 is 5.97. The molecule has 0 heterocycles. The van der Waals surface area contributed by atoms with Crippen LogP contribution in [0, 0.1) is 0 Å². The highest BCUT2D eigenvalue weighted by Crippen LogP contribution is 2.38. The van der Waals surface area contributed by atoms with Crippen molar-refractivity contribution < 1.29 is 17.4 Å². The van der Waals surface area contributed by atoms with Gasteiger partial charge < -0.3 is 0 Å². The Morgan fingerprint density at radius 2 is 1.96 bits per heavy atom. The summed E-state index contributed by atoms with van der Waals surface area (Å²) in [7, 11) is -1.47. The number of hydrogen-bond acceptors (Lipinski definition) is 1. The largest absolute Gasteiger partial charge is 0.416 e. The summed E-state index contributed by atoms with van der Waals surface area (Å²) in [6, 6.07) is 3.47. The van der Waals surface area contributed by atoms with Gasteiger partial charge in [0.25, 0.3) is 0 Å². The number of benzene rings is 1. The predicted molar refractivity (Wildman–Crippen MR) is 95.1 cm³/mol. The summed E-state index contributed by atoms with van der Waals surface area (Å²) in [6.07, 6.45) is -2.72. The summed E-state index contributed by atoms with van der Waals surface area (Å²) < 4.78 is 53.9. The van der Waals surface area contributed by atoms with Crippen molar-refractivity contribution in [3.8, 4) is 0 Å². The number of halogens is 4. The topological polar surface area (TPSA) is 29.1 Å². The zero-order chi connectivity index (χ0) is 18.7. The summed E-state index contributed by atoms with van der Waals surface area (Å²) in [6.45, 7) is 12.1. The minimum absolute atomic E-state index is 0.0721. The highest BCUT2D eigenvalue weighted by molar-refractivity contribution is 7.84. The fourth-order valence-electron chi connectivity index (χ4n) is 1.96. The minimum atomic E-state index is -4.56. The van der Waals surface area contributed by atoms with Crippen molar-refractivity contribution in [2.75, 3.05) is 0 Å². The van der Waals surface area contributed by atoms with Crippen molar-refractivity contribution in [3.05, 3.63) is 53.6 Å². The summed E-state index contributed by atoms with van der Waals surface area (Å²) in [4.78, 5) is 0. The molecule has 0 fully saturated rings. The molecule has 134 valence electrons. The Bertz CT molecular complexity index is 650. The van der Waals surface area contributed by atoms with Gasteiger partial charge in [-0.15, -0.1) is 6.58 Å². The standard InChI is InChI=1S/C17H21ClF3NOS/c1-6-7-15(22-24(23)16(3,4)5)14-10-12(18)8-9-13(14)11(2)17(19,20)21/h6,8-10,15,22H,1-2,7H2,3-5H3/t15-,24?/m0/s1. The number of alkyl halides is 3. The highest BCUT2D eigenvalue weighted by Gasteiger charge is 2.35. The van der Waals surface area contributed by atoms with E-state index >= 15 is 0 Å². The Hall–Kier alpha value is -1.11. The average Bonchev–Trinajstić information content (AvgIpc) is 2.44. The van der Waals surface area contributed by atoms with Gasteiger partial charge in [0.1, 0.15) is 0 Å². The normalized spacial score (nSPS) is 15.0. The van der Waals surface area contributed by atoms with Crippen LogP contribution in [0.3, 0.4) is 0 Å². The molecule has 0 bridgehead atoms. The van der Waals surface area contributed by atoms with Crippen LogP contribution in [-0.4, -0.2) is 15.1 Å². The summed E-state index contributed by atoms with van der Waals surface area (Å²) in [5, 5.41) is 0.293. The number of rotatable bonds is 6. The lowest BCUT2D eigenvalue weighted by Gasteiger charge is -2.26. The van der Waals surface area contributed by atoms with Gasteiger partial charge in [-0.1, -0.05) is 30.3 Å². The lowest BCUT2D eigenvalue weighted by molar-refractivity contribution is -0.0687. The van der Waals surface area contributed by atoms with Gasteiger partial charge in [-0.25, -0.2) is 8.93 Å². The molecule has 0 saturated heterocycles. The molecule has 1 unspecified atom stereocenters. The van der Waals surface area contributed by atoms with E-state index in [4.69, 9.17) is 11.6 Å². The summed E-state index contributed by atoms with van der Waals surface area (Å²) in [5.74, 6) is 0. The van der Waals surface area contributed by atoms with Gasteiger partial charge in [0.05, 0.1) is 21.3 Å². The molecule has 1 rings (SSSR count). The monoisotopic (exact) mass is 379 g/mol. The zero-order valence-electron chi connectivity index (χ0n) is 13.8. The maximum atomic E-state index is 13.1. The van der Waals surface area contributed by atoms with E-state index in [1.54, 1.807) is 26.8 Å². The van der Waals surface area contributed by atoms with Crippen LogP contribution in [0.4, 0.5) is 13.2 Å². The van der Waals surface area contributed by atoms with Crippen LogP contribution in [0.2, 0.25) is 5.02 Å². The van der Waals surface area contributed by atoms with Crippen molar-refractivity contribution in [2.24, 2.45) is 0 Å². The molecule has 1 N–H and O–H groups in total. The Morgan fingerprint density at radius 1 is 1.38 bits per heavy atom. The number of hydrogen-bond donors (Lipinski definition) is 1. The first-order valence-corrected chi connectivity index (χ1v) is 8.75. The molecular formula is C17H21ClF3NOS. The van der Waals surface area contributed by atoms with Gasteiger partial charge in [-0.2, -0.15) is 13.2 Å². The molecule has 0 aliphatic heterocycles. The Kier molecular flexibility index (Phi) is 6.84. The molecule has 0 saturated carbocycles. The highest BCUT2D eigenvalue weighted by atomic mass is 35.5. The van der Waals surface area contributed by atoms with Crippen LogP contribution in [0.15, 0.2) is 37.4 Å². The minimum Gasteiger partial charge on any atom is -0.242 e. The van der Waals surface area contributed by atoms with Crippen LogP contribution in [0.5, 0.6) is 0 Å². The second kappa shape index (κ2) is 7.85. The van der Waals surface area contributed by atoms with Crippen molar-refractivity contribution in [3.63, 3.8) is 0 Å². The number of allylic oxidation sites excluding steroid dienone is 1. The van der Waals surface area contributed by atoms with Crippen LogP contribution >= 0.6 is 11.6 Å². The Balaban J connectivity index is 3.37. The second-order valence-electron chi connectivity index (χ2n) is 6.28. The lowest BCUT2D eigenvalue weighted by Crippen LogP contribution is -2.36. The van der Waals surface area contributed by atoms with E-state index in [0.717, 1.165) is 0 Å². The van der Waals surface area contributed by atoms with E-state index in [-0.39, 0.29) is 5.56 Å². The quantitative estimate of drug-likeness (QED) is 0.642. The van der Waals surface area contributed by atoms with Gasteiger partial charge in [-0.05, 0) is 50.5 Å². The average molecular weight is 380 g/mol. The molecule has 1 aromatic rings. The molecule has 0 aromatic heterocycles. The molecule has 0 radical (unpaired) electrons. The van der Waals surface area contributed by atoms with E-state index < -0.39 is 33.5 Å². The van der Waals surface area contributed by atoms with E-state index in [1.165, 1.54) is 18.2 Å². The fraction of sp³-hybridized carbons (Fsp3) is 0.412. The van der Waals surface area contributed by atoms with Gasteiger partial charge in [0.2, 0.25) is 0 Å². The fourth-order valence-corrected chi connectivity index (χ4v) is 2.98. The van der Waals surface area contributed by atoms with E-state index in [0.29, 0.717) is 17.0 Å². The zero-order valence-corrected chi connectivity index (χ0v) is 15.4. The molecule has 7 heteroatoms. The molecule has 24 heavy (non-hydrogen) atoms. The SMILES string of the molecule is C=CC[C@H](NS(=O)C(C)(C)C)c1cc(Cl)ccc1C(=C)C(F)(F)F. The third-order valence-corrected chi connectivity index (χ3v) is 5.11. The van der Waals surface area contributed by atoms with Gasteiger partial charge in [0, 0.05) is 11.1 Å². The van der Waals surface area contributed by atoms with Crippen LogP contribution in [0.1, 0.15) is 44.4 Å². The molecule has 0 aliphatic carbocycles. The molecule has 2 nitrogen and oxygen atoms in total. The van der Waals surface area contributed by atoms with Crippen molar-refractivity contribution in [2.45, 2.75) is 44.2 Å². The van der Waals surface area contributed by atoms with Crippen molar-refractivity contribution >= 4 is 28.2 Å². The first-order valence-electron chi connectivity index (χ1n) is 7.22. The van der Waals surface area contributed by atoms with Crippen LogP contribution in [-0.2, 0) is 11.0 Å². The van der Waals surface area contributed by atoms with E-state index in [2.05, 4.69) is 17.9 Å². The molecule has 0 aliphatic rings. The Morgan fingerprint density at radius 3 is 2.42 bits per heavy atom. The van der Waals surface area contributed by atoms with Gasteiger partial charge in [0.15, 0.2) is 0 Å². The lowest BCUT2D eigenvalue weighted by atomic mass is 9.94. The predicted octanol–water partition coefficient (Wildman–Crippen LogP) is 5.58. The first kappa shape index (κ1) is 20.9. The third-order valence-electron chi connectivity index (χ3n) is 3.26. The Labute approximate surface area is 148 Å². The van der Waals surface area contributed by atoms with Crippen molar-refractivity contribution in [1.29, 1.82) is 0 Å². The third kappa shape index (κ3) is 5.46. The molecule has 1 aromatic carbocycles. The second-order valence-corrected chi connectivity index (χ2v) is 8.72. The smallest absolute Gasteiger partial charge is 0.242 e. The van der Waals surface area contributed by atoms with Crippen LogP contribution in [0.25, 0.3) is 5.57 Å². The van der Waals surface area contributed by atoms with Gasteiger partial charge in [-0.3, -0.25) is 0 Å². The summed E-state index contributed by atoms with van der Waals surface area (Å²) in [5.41, 5.74) is -0.744. The molecule has 0 spiro atoms. The van der Waals surface area contributed by atoms with Crippen LogP contribution < -0.4 is 4.72 Å². The van der Waals surface area contributed by atoms with Gasteiger partial charge >= 0.3 is 6.18 Å². The maximum absolute atomic E-state index is 13.1. The molecule has 0 amide bonds. The van der Waals surface area contributed by atoms with Crippen molar-refractivity contribution in [1.82, 2.24) is 4.72 Å². The van der Waals surface area contributed by atoms with E-state index in [1.807, 2.05) is 0 Å². The number of nitrogens with one attached hydrogen (secondary N) is 1. The molecular weight excluding hydrogens is 359 g/mol. The maximum Gasteiger partial charge on any atom is 0.416 e.